The van der Waals surface area contributed by atoms with E-state index in [1.54, 1.807) is 0 Å². The first kappa shape index (κ1) is 38.6. The van der Waals surface area contributed by atoms with Crippen molar-refractivity contribution in [1.82, 2.24) is 9.55 Å². The minimum absolute atomic E-state index is 0.142. The van der Waals surface area contributed by atoms with Gasteiger partial charge in [0.1, 0.15) is 35.2 Å². The lowest BCUT2D eigenvalue weighted by Crippen LogP contribution is -2.25. The summed E-state index contributed by atoms with van der Waals surface area (Å²) in [4.78, 5) is 9.26. The Morgan fingerprint density at radius 2 is 1.18 bits per heavy atom. The standard InChI is InChI=1S/C66H60N4O2/c1-64(2,3)44-33-34-67-60(38-44)70-57-32-31-53-52-23-13-16-28-59(52)72-63(53)61(57)54-30-29-49(40-58(54)70)71-48-22-17-21-47(39-48)68-41-69(56-27-15-14-26-55(56)68)62-50(42-19-11-10-12-20-42)24-18-25-51(62)43-35-45(65(4,5)6)37-46(36-43)66(7,8)9/h10-40H,41H2,1-9H3/i10D,11D,12D,19D,20D,34D. The Morgan fingerprint density at radius 1 is 0.528 bits per heavy atom. The Morgan fingerprint density at radius 3 is 1.92 bits per heavy atom. The minimum Gasteiger partial charge on any atom is -0.457 e. The van der Waals surface area contributed by atoms with Crippen LogP contribution in [0, 0.1) is 0 Å². The molecule has 0 unspecified atom stereocenters. The number of ether oxygens (including phenoxy) is 1. The van der Waals surface area contributed by atoms with E-state index in [0.717, 1.165) is 83.2 Å². The van der Waals surface area contributed by atoms with E-state index in [1.807, 2.05) is 78.9 Å². The summed E-state index contributed by atoms with van der Waals surface area (Å²) >= 11 is 0. The van der Waals surface area contributed by atoms with Gasteiger partial charge in [-0.3, -0.25) is 4.57 Å². The zero-order valence-electron chi connectivity index (χ0n) is 48.2. The number of nitrogens with zero attached hydrogens (tertiary/aromatic N) is 4. The van der Waals surface area contributed by atoms with Crippen molar-refractivity contribution in [3.8, 4) is 39.6 Å². The summed E-state index contributed by atoms with van der Waals surface area (Å²) in [5.41, 5.74) is 12.0. The lowest BCUT2D eigenvalue weighted by atomic mass is 9.78. The van der Waals surface area contributed by atoms with Gasteiger partial charge in [-0.25, -0.2) is 4.98 Å². The summed E-state index contributed by atoms with van der Waals surface area (Å²) in [5, 5.41) is 3.97. The van der Waals surface area contributed by atoms with Crippen LogP contribution in [0.2, 0.25) is 0 Å². The van der Waals surface area contributed by atoms with Crippen molar-refractivity contribution in [2.45, 2.75) is 78.6 Å². The van der Waals surface area contributed by atoms with Crippen LogP contribution in [0.1, 0.15) is 87.2 Å². The molecule has 0 radical (unpaired) electrons. The predicted molar refractivity (Wildman–Crippen MR) is 301 cm³/mol. The molecule has 0 saturated carbocycles. The number of furan rings is 1. The molecule has 3 aromatic heterocycles. The van der Waals surface area contributed by atoms with Gasteiger partial charge in [-0.1, -0.05) is 165 Å². The van der Waals surface area contributed by atoms with Crippen LogP contribution in [0.3, 0.4) is 0 Å². The predicted octanol–water partition coefficient (Wildman–Crippen LogP) is 18.3. The highest BCUT2D eigenvalue weighted by Crippen LogP contribution is 2.51. The van der Waals surface area contributed by atoms with E-state index in [2.05, 4.69) is 149 Å². The monoisotopic (exact) mass is 947 g/mol. The van der Waals surface area contributed by atoms with Crippen molar-refractivity contribution in [1.29, 1.82) is 0 Å². The number of para-hydroxylation sites is 4. The van der Waals surface area contributed by atoms with Crippen LogP contribution in [0.4, 0.5) is 22.7 Å². The Bertz CT molecular complexity index is 4210. The van der Waals surface area contributed by atoms with Crippen molar-refractivity contribution in [3.63, 3.8) is 0 Å². The van der Waals surface area contributed by atoms with Crippen LogP contribution in [0.5, 0.6) is 11.5 Å². The molecule has 11 aromatic rings. The number of pyridine rings is 1. The Kier molecular flexibility index (Phi) is 9.00. The van der Waals surface area contributed by atoms with E-state index in [4.69, 9.17) is 19.6 Å². The number of rotatable bonds is 7. The molecule has 72 heavy (non-hydrogen) atoms. The SMILES string of the molecule is [2H]c1cc(C(C)(C)C)cc(-n2c3cc(Oc4cccc(N5CN(c6c(-c7cc(C(C)(C)C)cc(C(C)(C)C)c7)cccc6-c6c([2H])c([2H])c([2H])c([2H])c6[2H])c6ccccc65)c4)ccc3c3c4oc5ccccc5c4ccc32)n1. The molecule has 0 amide bonds. The fourth-order valence-corrected chi connectivity index (χ4v) is 10.3. The van der Waals surface area contributed by atoms with Crippen LogP contribution in [-0.4, -0.2) is 16.2 Å². The van der Waals surface area contributed by atoms with Crippen LogP contribution >= 0.6 is 0 Å². The van der Waals surface area contributed by atoms with E-state index in [9.17, 15) is 2.74 Å². The van der Waals surface area contributed by atoms with Gasteiger partial charge in [-0.2, -0.15) is 0 Å². The number of benzene rings is 8. The normalized spacial score (nSPS) is 14.4. The molecule has 356 valence electrons. The molecule has 12 rings (SSSR count). The van der Waals surface area contributed by atoms with Crippen LogP contribution in [-0.2, 0) is 16.2 Å². The van der Waals surface area contributed by atoms with Crippen molar-refractivity contribution < 1.29 is 17.4 Å². The second kappa shape index (κ2) is 16.8. The Hall–Kier alpha value is -8.09. The molecule has 0 N–H and O–H groups in total. The topological polar surface area (TPSA) is 46.7 Å². The molecule has 6 nitrogen and oxygen atoms in total. The number of fused-ring (bicyclic) bond motifs is 8. The molecular weight excluding hydrogens is 881 g/mol. The van der Waals surface area contributed by atoms with E-state index in [-0.39, 0.29) is 52.2 Å². The zero-order chi connectivity index (χ0) is 54.9. The molecule has 1 aliphatic rings. The molecule has 0 aliphatic carbocycles. The fourth-order valence-electron chi connectivity index (χ4n) is 10.3. The molecule has 0 fully saturated rings. The van der Waals surface area contributed by atoms with Gasteiger partial charge in [0, 0.05) is 51.3 Å². The van der Waals surface area contributed by atoms with Crippen molar-refractivity contribution in [3.05, 3.63) is 205 Å². The lowest BCUT2D eigenvalue weighted by molar-refractivity contribution is 0.483. The van der Waals surface area contributed by atoms with Crippen LogP contribution < -0.4 is 14.5 Å². The highest BCUT2D eigenvalue weighted by molar-refractivity contribution is 6.24. The zero-order valence-corrected chi connectivity index (χ0v) is 42.2. The van der Waals surface area contributed by atoms with Gasteiger partial charge in [0.15, 0.2) is 0 Å². The lowest BCUT2D eigenvalue weighted by Gasteiger charge is -2.29. The van der Waals surface area contributed by atoms with Gasteiger partial charge < -0.3 is 19.0 Å². The molecule has 1 aliphatic heterocycles. The van der Waals surface area contributed by atoms with Crippen molar-refractivity contribution in [2.24, 2.45) is 0 Å². The number of anilines is 4. The van der Waals surface area contributed by atoms with E-state index < -0.39 is 6.04 Å². The second-order valence-corrected chi connectivity index (χ2v) is 22.1. The van der Waals surface area contributed by atoms with Crippen LogP contribution in [0.15, 0.2) is 192 Å². The summed E-state index contributed by atoms with van der Waals surface area (Å²) in [6.45, 7) is 20.0. The maximum absolute atomic E-state index is 9.27. The van der Waals surface area contributed by atoms with Crippen molar-refractivity contribution in [2.75, 3.05) is 16.5 Å². The summed E-state index contributed by atoms with van der Waals surface area (Å²) in [7, 11) is 0. The van der Waals surface area contributed by atoms with Gasteiger partial charge in [-0.05, 0) is 111 Å². The number of hydrogen-bond acceptors (Lipinski definition) is 5. The third-order valence-corrected chi connectivity index (χ3v) is 14.2. The molecular formula is C66H60N4O2. The highest BCUT2D eigenvalue weighted by Gasteiger charge is 2.32. The summed E-state index contributed by atoms with van der Waals surface area (Å²) in [6.07, 6.45) is 0.182. The van der Waals surface area contributed by atoms with E-state index >= 15 is 0 Å². The van der Waals surface area contributed by atoms with E-state index in [0.29, 0.717) is 29.5 Å². The average Bonchev–Trinajstić information content (AvgIpc) is 4.26. The first-order valence-corrected chi connectivity index (χ1v) is 24.7. The van der Waals surface area contributed by atoms with Crippen molar-refractivity contribution >= 4 is 66.5 Å². The second-order valence-electron chi connectivity index (χ2n) is 22.1. The first-order valence-electron chi connectivity index (χ1n) is 27.7. The molecule has 0 bridgehead atoms. The van der Waals surface area contributed by atoms with Gasteiger partial charge in [-0.15, -0.1) is 0 Å². The quantitative estimate of drug-likeness (QED) is 0.159. The van der Waals surface area contributed by atoms with Gasteiger partial charge in [0.2, 0.25) is 0 Å². The maximum Gasteiger partial charge on any atom is 0.145 e. The smallest absolute Gasteiger partial charge is 0.145 e. The highest BCUT2D eigenvalue weighted by atomic mass is 16.5. The molecule has 6 heteroatoms. The molecule has 0 saturated heterocycles. The van der Waals surface area contributed by atoms with E-state index in [1.165, 1.54) is 11.1 Å². The first-order chi connectivity index (χ1) is 37.0. The summed E-state index contributed by atoms with van der Waals surface area (Å²) < 4.78 is 69.1. The third-order valence-electron chi connectivity index (χ3n) is 14.2. The maximum atomic E-state index is 9.27. The average molecular weight is 947 g/mol. The van der Waals surface area contributed by atoms with Gasteiger partial charge in [0.25, 0.3) is 0 Å². The molecule has 4 heterocycles. The third kappa shape index (κ3) is 7.77. The fraction of sp³-hybridized carbons (Fsp3) is 0.197. The molecule has 0 atom stereocenters. The minimum atomic E-state index is -0.434. The van der Waals surface area contributed by atoms with Gasteiger partial charge >= 0.3 is 0 Å². The summed E-state index contributed by atoms with van der Waals surface area (Å²) in [5.74, 6) is 1.85. The molecule has 0 spiro atoms. The Labute approximate surface area is 431 Å². The van der Waals surface area contributed by atoms with Gasteiger partial charge in [0.05, 0.1) is 41.7 Å². The molecule has 8 aromatic carbocycles. The van der Waals surface area contributed by atoms with Crippen LogP contribution in [0.25, 0.3) is 71.8 Å². The number of hydrogen-bond donors (Lipinski definition) is 0. The summed E-state index contributed by atoms with van der Waals surface area (Å²) in [6, 6.07) is 49.5. The largest absolute Gasteiger partial charge is 0.457 e. The Balaban J connectivity index is 0.991. The number of aromatic nitrogens is 2.